The van der Waals surface area contributed by atoms with Crippen LogP contribution in [0.15, 0.2) is 42.5 Å². The van der Waals surface area contributed by atoms with Gasteiger partial charge in [0.2, 0.25) is 11.8 Å². The van der Waals surface area contributed by atoms with Crippen molar-refractivity contribution in [2.45, 2.75) is 12.8 Å². The van der Waals surface area contributed by atoms with Crippen LogP contribution in [0.1, 0.15) is 22.3 Å². The first-order chi connectivity index (χ1) is 10.5. The van der Waals surface area contributed by atoms with Crippen LogP contribution in [0.25, 0.3) is 0 Å². The van der Waals surface area contributed by atoms with Crippen molar-refractivity contribution >= 4 is 17.5 Å². The lowest BCUT2D eigenvalue weighted by atomic mass is 10.1. The number of hydrogen-bond acceptors (Lipinski definition) is 2. The van der Waals surface area contributed by atoms with Crippen molar-refractivity contribution in [3.8, 4) is 0 Å². The number of nitrogens with two attached hydrogens (primary N) is 1. The zero-order valence-corrected chi connectivity index (χ0v) is 11.6. The lowest BCUT2D eigenvalue weighted by molar-refractivity contribution is -0.116. The standard InChI is InChI=1S/C16H14F2N2O2/c17-13-7-1-10(9-14(13)18)2-8-15(21)20-12-5-3-11(4-6-12)16(19)22/h1,3-7,9H,2,8H2,(H2,19,22)(H,20,21). The Hall–Kier alpha value is -2.76. The van der Waals surface area contributed by atoms with Gasteiger partial charge in [0.05, 0.1) is 0 Å². The van der Waals surface area contributed by atoms with E-state index < -0.39 is 17.5 Å². The van der Waals surface area contributed by atoms with Crippen molar-refractivity contribution in [1.29, 1.82) is 0 Å². The van der Waals surface area contributed by atoms with Gasteiger partial charge >= 0.3 is 0 Å². The molecule has 4 nitrogen and oxygen atoms in total. The number of carbonyl (C=O) groups excluding carboxylic acids is 2. The second-order valence-electron chi connectivity index (χ2n) is 4.74. The number of nitrogens with one attached hydrogen (secondary N) is 1. The summed E-state index contributed by atoms with van der Waals surface area (Å²) < 4.78 is 25.8. The third-order valence-corrected chi connectivity index (χ3v) is 3.08. The Labute approximate surface area is 125 Å². The summed E-state index contributed by atoms with van der Waals surface area (Å²) in [7, 11) is 0. The molecule has 22 heavy (non-hydrogen) atoms. The molecule has 0 unspecified atom stereocenters. The van der Waals surface area contributed by atoms with Gasteiger partial charge in [0.15, 0.2) is 11.6 Å². The van der Waals surface area contributed by atoms with E-state index in [2.05, 4.69) is 5.32 Å². The molecule has 0 saturated carbocycles. The first-order valence-electron chi connectivity index (χ1n) is 6.59. The molecule has 6 heteroatoms. The quantitative estimate of drug-likeness (QED) is 0.891. The molecular formula is C16H14F2N2O2. The first-order valence-corrected chi connectivity index (χ1v) is 6.59. The van der Waals surface area contributed by atoms with Crippen LogP contribution >= 0.6 is 0 Å². The van der Waals surface area contributed by atoms with Gasteiger partial charge in [-0.1, -0.05) is 6.07 Å². The van der Waals surface area contributed by atoms with Crippen LogP contribution in [0.4, 0.5) is 14.5 Å². The van der Waals surface area contributed by atoms with Gasteiger partial charge in [-0.15, -0.1) is 0 Å². The predicted molar refractivity (Wildman–Crippen MR) is 78.3 cm³/mol. The van der Waals surface area contributed by atoms with Crippen LogP contribution in [0.2, 0.25) is 0 Å². The van der Waals surface area contributed by atoms with E-state index in [1.807, 2.05) is 0 Å². The van der Waals surface area contributed by atoms with Gasteiger partial charge in [0, 0.05) is 17.7 Å². The molecule has 2 amide bonds. The molecule has 3 N–H and O–H groups in total. The molecule has 0 aliphatic carbocycles. The summed E-state index contributed by atoms with van der Waals surface area (Å²) in [4.78, 5) is 22.7. The molecule has 0 heterocycles. The number of hydrogen-bond donors (Lipinski definition) is 2. The van der Waals surface area contributed by atoms with E-state index in [1.165, 1.54) is 18.2 Å². The Morgan fingerprint density at radius 2 is 1.68 bits per heavy atom. The molecule has 2 aromatic carbocycles. The average molecular weight is 304 g/mol. The fraction of sp³-hybridized carbons (Fsp3) is 0.125. The second kappa shape index (κ2) is 6.80. The van der Waals surface area contributed by atoms with Crippen LogP contribution in [-0.4, -0.2) is 11.8 Å². The van der Waals surface area contributed by atoms with Gasteiger partial charge in [0.1, 0.15) is 0 Å². The molecular weight excluding hydrogens is 290 g/mol. The maximum absolute atomic E-state index is 13.0. The summed E-state index contributed by atoms with van der Waals surface area (Å²) in [6.07, 6.45) is 0.422. The third-order valence-electron chi connectivity index (χ3n) is 3.08. The van der Waals surface area contributed by atoms with Crippen molar-refractivity contribution in [1.82, 2.24) is 0 Å². The fourth-order valence-electron chi connectivity index (χ4n) is 1.89. The third kappa shape index (κ3) is 4.12. The van der Waals surface area contributed by atoms with Gasteiger partial charge in [0.25, 0.3) is 0 Å². The molecule has 2 aromatic rings. The highest BCUT2D eigenvalue weighted by Gasteiger charge is 2.07. The number of carbonyl (C=O) groups is 2. The summed E-state index contributed by atoms with van der Waals surface area (Å²) in [5, 5.41) is 2.65. The molecule has 0 radical (unpaired) electrons. The second-order valence-corrected chi connectivity index (χ2v) is 4.74. The summed E-state index contributed by atoms with van der Waals surface area (Å²) in [6.45, 7) is 0. The lowest BCUT2D eigenvalue weighted by Gasteiger charge is -2.06. The van der Waals surface area contributed by atoms with Crippen LogP contribution in [-0.2, 0) is 11.2 Å². The summed E-state index contributed by atoms with van der Waals surface area (Å²) in [5.74, 6) is -2.66. The van der Waals surface area contributed by atoms with Crippen molar-refractivity contribution in [2.75, 3.05) is 5.32 Å². The van der Waals surface area contributed by atoms with Crippen molar-refractivity contribution < 1.29 is 18.4 Å². The molecule has 2 rings (SSSR count). The zero-order chi connectivity index (χ0) is 16.1. The van der Waals surface area contributed by atoms with E-state index in [9.17, 15) is 18.4 Å². The largest absolute Gasteiger partial charge is 0.366 e. The van der Waals surface area contributed by atoms with Gasteiger partial charge in [-0.25, -0.2) is 8.78 Å². The molecule has 0 aliphatic heterocycles. The number of anilines is 1. The highest BCUT2D eigenvalue weighted by Crippen LogP contribution is 2.12. The topological polar surface area (TPSA) is 72.2 Å². The number of halogens is 2. The summed E-state index contributed by atoms with van der Waals surface area (Å²) >= 11 is 0. The normalized spacial score (nSPS) is 10.3. The Morgan fingerprint density at radius 1 is 1.00 bits per heavy atom. The van der Waals surface area contributed by atoms with Crippen LogP contribution in [0.3, 0.4) is 0 Å². The molecule has 0 saturated heterocycles. The number of aryl methyl sites for hydroxylation is 1. The van der Waals surface area contributed by atoms with E-state index in [1.54, 1.807) is 12.1 Å². The van der Waals surface area contributed by atoms with E-state index in [0.717, 1.165) is 12.1 Å². The molecule has 0 spiro atoms. The minimum absolute atomic E-state index is 0.128. The van der Waals surface area contributed by atoms with Crippen molar-refractivity contribution in [2.24, 2.45) is 5.73 Å². The van der Waals surface area contributed by atoms with E-state index in [-0.39, 0.29) is 12.3 Å². The number of benzene rings is 2. The highest BCUT2D eigenvalue weighted by atomic mass is 19.2. The van der Waals surface area contributed by atoms with Crippen molar-refractivity contribution in [3.05, 3.63) is 65.2 Å². The van der Waals surface area contributed by atoms with Crippen LogP contribution in [0.5, 0.6) is 0 Å². The average Bonchev–Trinajstić information content (AvgIpc) is 2.49. The molecule has 0 fully saturated rings. The smallest absolute Gasteiger partial charge is 0.248 e. The van der Waals surface area contributed by atoms with E-state index in [4.69, 9.17) is 5.73 Å². The van der Waals surface area contributed by atoms with Crippen molar-refractivity contribution in [3.63, 3.8) is 0 Å². The maximum Gasteiger partial charge on any atom is 0.248 e. The molecule has 0 atom stereocenters. The molecule has 114 valence electrons. The van der Waals surface area contributed by atoms with Gasteiger partial charge in [-0.05, 0) is 48.4 Å². The fourth-order valence-corrected chi connectivity index (χ4v) is 1.89. The first kappa shape index (κ1) is 15.6. The molecule has 0 aromatic heterocycles. The maximum atomic E-state index is 13.0. The number of rotatable bonds is 5. The number of amides is 2. The Kier molecular flexibility index (Phi) is 4.83. The van der Waals surface area contributed by atoms with Gasteiger partial charge < -0.3 is 11.1 Å². The van der Waals surface area contributed by atoms with Crippen LogP contribution < -0.4 is 11.1 Å². The van der Waals surface area contributed by atoms with Gasteiger partial charge in [-0.3, -0.25) is 9.59 Å². The Balaban J connectivity index is 1.89. The predicted octanol–water partition coefficient (Wildman–Crippen LogP) is 2.64. The Morgan fingerprint density at radius 3 is 2.27 bits per heavy atom. The minimum atomic E-state index is -0.931. The van der Waals surface area contributed by atoms with Gasteiger partial charge in [-0.2, -0.15) is 0 Å². The Bertz CT molecular complexity index is 700. The van der Waals surface area contributed by atoms with E-state index in [0.29, 0.717) is 23.2 Å². The monoisotopic (exact) mass is 304 g/mol. The molecule has 0 aliphatic rings. The van der Waals surface area contributed by atoms with E-state index >= 15 is 0 Å². The number of primary amides is 1. The minimum Gasteiger partial charge on any atom is -0.366 e. The SMILES string of the molecule is NC(=O)c1ccc(NC(=O)CCc2ccc(F)c(F)c2)cc1. The van der Waals surface area contributed by atoms with Crippen LogP contribution in [0, 0.1) is 11.6 Å². The summed E-state index contributed by atoms with van der Waals surface area (Å²) in [6, 6.07) is 9.69. The molecule has 0 bridgehead atoms. The lowest BCUT2D eigenvalue weighted by Crippen LogP contribution is -2.13. The zero-order valence-electron chi connectivity index (χ0n) is 11.6. The summed E-state index contributed by atoms with van der Waals surface area (Å²) in [5.41, 5.74) is 6.53. The highest BCUT2D eigenvalue weighted by molar-refractivity contribution is 5.94.